The first-order valence-electron chi connectivity index (χ1n) is 11.3. The van der Waals surface area contributed by atoms with Gasteiger partial charge in [0.25, 0.3) is 0 Å². The first kappa shape index (κ1) is 22.8. The zero-order valence-electron chi connectivity index (χ0n) is 19.2. The van der Waals surface area contributed by atoms with E-state index < -0.39 is 8.07 Å². The fourth-order valence-electron chi connectivity index (χ4n) is 4.02. The summed E-state index contributed by atoms with van der Waals surface area (Å²) in [6.45, 7) is 12.8. The number of carbonyl (C=O) groups is 1. The van der Waals surface area contributed by atoms with Crippen molar-refractivity contribution in [2.24, 2.45) is 5.92 Å². The quantitative estimate of drug-likeness (QED) is 0.322. The van der Waals surface area contributed by atoms with Crippen molar-refractivity contribution in [1.82, 2.24) is 9.55 Å². The molecule has 30 heavy (non-hydrogen) atoms. The minimum atomic E-state index is -1.11. The number of carbonyl (C=O) groups excluding carboxylic acids is 1. The van der Waals surface area contributed by atoms with Gasteiger partial charge in [0.05, 0.1) is 12.3 Å². The second kappa shape index (κ2) is 9.96. The molecular formula is C23H37N3O3Si. The second-order valence-corrected chi connectivity index (χ2v) is 15.3. The maximum atomic E-state index is 12.6. The summed E-state index contributed by atoms with van der Waals surface area (Å²) in [4.78, 5) is 17.2. The molecular weight excluding hydrogens is 394 g/mol. The predicted molar refractivity (Wildman–Crippen MR) is 125 cm³/mol. The Morgan fingerprint density at radius 1 is 1.30 bits per heavy atom. The van der Waals surface area contributed by atoms with Gasteiger partial charge in [0, 0.05) is 38.5 Å². The van der Waals surface area contributed by atoms with Crippen LogP contribution in [-0.4, -0.2) is 42.8 Å². The SMILES string of the molecule is CCOC(=O)c1cnc2c(ccn2COCC[Si](C)(C)C)c1N[C@H]1CCCC[C@H]1C. The van der Waals surface area contributed by atoms with Crippen LogP contribution in [-0.2, 0) is 16.2 Å². The number of pyridine rings is 1. The molecule has 3 rings (SSSR count). The van der Waals surface area contributed by atoms with Crippen LogP contribution in [0.2, 0.25) is 25.7 Å². The fraction of sp³-hybridized carbons (Fsp3) is 0.652. The number of rotatable bonds is 9. The van der Waals surface area contributed by atoms with E-state index in [-0.39, 0.29) is 5.97 Å². The van der Waals surface area contributed by atoms with E-state index in [1.165, 1.54) is 19.3 Å². The molecule has 0 spiro atoms. The average molecular weight is 432 g/mol. The fourth-order valence-corrected chi connectivity index (χ4v) is 4.78. The van der Waals surface area contributed by atoms with Crippen molar-refractivity contribution in [2.75, 3.05) is 18.5 Å². The van der Waals surface area contributed by atoms with E-state index in [9.17, 15) is 4.79 Å². The zero-order chi connectivity index (χ0) is 21.7. The Kier molecular flexibility index (Phi) is 7.58. The Bertz CT molecular complexity index is 859. The van der Waals surface area contributed by atoms with Gasteiger partial charge >= 0.3 is 5.97 Å². The third-order valence-corrected chi connectivity index (χ3v) is 7.66. The topological polar surface area (TPSA) is 65.4 Å². The average Bonchev–Trinajstić information content (AvgIpc) is 3.10. The van der Waals surface area contributed by atoms with Crippen LogP contribution < -0.4 is 5.32 Å². The number of hydrogen-bond acceptors (Lipinski definition) is 5. The van der Waals surface area contributed by atoms with E-state index in [1.54, 1.807) is 6.20 Å². The highest BCUT2D eigenvalue weighted by Gasteiger charge is 2.25. The van der Waals surface area contributed by atoms with Gasteiger partial charge in [0.1, 0.15) is 17.9 Å². The Morgan fingerprint density at radius 2 is 2.07 bits per heavy atom. The molecule has 2 aromatic heterocycles. The van der Waals surface area contributed by atoms with E-state index in [1.807, 2.05) is 23.8 Å². The molecule has 0 radical (unpaired) electrons. The van der Waals surface area contributed by atoms with Crippen LogP contribution in [0.4, 0.5) is 5.69 Å². The lowest BCUT2D eigenvalue weighted by molar-refractivity contribution is 0.0527. The third kappa shape index (κ3) is 5.63. The van der Waals surface area contributed by atoms with Crippen LogP contribution in [0.1, 0.15) is 49.9 Å². The summed E-state index contributed by atoms with van der Waals surface area (Å²) in [6, 6.07) is 3.52. The van der Waals surface area contributed by atoms with Crippen LogP contribution in [0.15, 0.2) is 18.5 Å². The van der Waals surface area contributed by atoms with Crippen molar-refractivity contribution < 1.29 is 14.3 Å². The minimum absolute atomic E-state index is 0.322. The molecule has 7 heteroatoms. The summed E-state index contributed by atoms with van der Waals surface area (Å²) >= 11 is 0. The summed E-state index contributed by atoms with van der Waals surface area (Å²) in [7, 11) is -1.11. The summed E-state index contributed by atoms with van der Waals surface area (Å²) in [5.41, 5.74) is 2.19. The van der Waals surface area contributed by atoms with Crippen molar-refractivity contribution in [2.45, 2.75) is 78.0 Å². The van der Waals surface area contributed by atoms with Gasteiger partial charge in [-0.25, -0.2) is 9.78 Å². The molecule has 1 saturated carbocycles. The summed E-state index contributed by atoms with van der Waals surface area (Å²) < 4.78 is 13.3. The van der Waals surface area contributed by atoms with Crippen LogP contribution in [0.25, 0.3) is 11.0 Å². The largest absolute Gasteiger partial charge is 0.462 e. The molecule has 0 bridgehead atoms. The third-order valence-electron chi connectivity index (χ3n) is 5.95. The Labute approximate surface area is 181 Å². The lowest BCUT2D eigenvalue weighted by Gasteiger charge is -2.31. The van der Waals surface area contributed by atoms with Crippen molar-refractivity contribution in [1.29, 1.82) is 0 Å². The van der Waals surface area contributed by atoms with Gasteiger partial charge in [-0.3, -0.25) is 0 Å². The molecule has 1 aliphatic rings. The van der Waals surface area contributed by atoms with Crippen LogP contribution >= 0.6 is 0 Å². The Hall–Kier alpha value is -1.86. The van der Waals surface area contributed by atoms with Gasteiger partial charge in [0.15, 0.2) is 0 Å². The molecule has 0 saturated heterocycles. The lowest BCUT2D eigenvalue weighted by atomic mass is 9.85. The highest BCUT2D eigenvalue weighted by atomic mass is 28.3. The maximum absolute atomic E-state index is 12.6. The number of anilines is 1. The van der Waals surface area contributed by atoms with E-state index in [0.717, 1.165) is 35.8 Å². The van der Waals surface area contributed by atoms with Gasteiger partial charge in [-0.1, -0.05) is 39.4 Å². The van der Waals surface area contributed by atoms with Crippen LogP contribution in [0.3, 0.4) is 0 Å². The lowest BCUT2D eigenvalue weighted by Crippen LogP contribution is -2.31. The predicted octanol–water partition coefficient (Wildman–Crippen LogP) is 5.52. The number of esters is 1. The molecule has 0 aliphatic heterocycles. The molecule has 1 fully saturated rings. The number of hydrogen-bond donors (Lipinski definition) is 1. The van der Waals surface area contributed by atoms with Crippen LogP contribution in [0, 0.1) is 5.92 Å². The number of aromatic nitrogens is 2. The number of nitrogens with one attached hydrogen (secondary N) is 1. The molecule has 6 nitrogen and oxygen atoms in total. The van der Waals surface area contributed by atoms with Crippen molar-refractivity contribution >= 4 is 30.8 Å². The van der Waals surface area contributed by atoms with Gasteiger partial charge < -0.3 is 19.4 Å². The van der Waals surface area contributed by atoms with Crippen LogP contribution in [0.5, 0.6) is 0 Å². The molecule has 2 atom stereocenters. The molecule has 0 aromatic carbocycles. The van der Waals surface area contributed by atoms with Crippen molar-refractivity contribution in [3.8, 4) is 0 Å². The molecule has 2 aromatic rings. The second-order valence-electron chi connectivity index (χ2n) is 9.65. The zero-order valence-corrected chi connectivity index (χ0v) is 20.2. The summed E-state index contributed by atoms with van der Waals surface area (Å²) in [5, 5.41) is 4.64. The normalized spacial score (nSPS) is 19.8. The smallest absolute Gasteiger partial charge is 0.341 e. The number of fused-ring (bicyclic) bond motifs is 1. The molecule has 0 amide bonds. The monoisotopic (exact) mass is 431 g/mol. The first-order chi connectivity index (χ1) is 14.3. The first-order valence-corrected chi connectivity index (χ1v) is 15.0. The highest BCUT2D eigenvalue weighted by molar-refractivity contribution is 6.76. The minimum Gasteiger partial charge on any atom is -0.462 e. The number of ether oxygens (including phenoxy) is 2. The van der Waals surface area contributed by atoms with Gasteiger partial charge in [0.2, 0.25) is 0 Å². The van der Waals surface area contributed by atoms with Gasteiger partial charge in [-0.2, -0.15) is 0 Å². The summed E-state index contributed by atoms with van der Waals surface area (Å²) in [5.74, 6) is 0.251. The van der Waals surface area contributed by atoms with Crippen molar-refractivity contribution in [3.63, 3.8) is 0 Å². The van der Waals surface area contributed by atoms with Crippen molar-refractivity contribution in [3.05, 3.63) is 24.0 Å². The summed E-state index contributed by atoms with van der Waals surface area (Å²) in [6.07, 6.45) is 8.48. The maximum Gasteiger partial charge on any atom is 0.341 e. The molecule has 1 aliphatic carbocycles. The molecule has 166 valence electrons. The Morgan fingerprint density at radius 3 is 2.77 bits per heavy atom. The molecule has 1 N–H and O–H groups in total. The van der Waals surface area contributed by atoms with E-state index in [4.69, 9.17) is 9.47 Å². The molecule has 2 heterocycles. The van der Waals surface area contributed by atoms with Gasteiger partial charge in [-0.05, 0) is 37.8 Å². The van der Waals surface area contributed by atoms with E-state index in [0.29, 0.717) is 30.9 Å². The number of nitrogens with zero attached hydrogens (tertiary/aromatic N) is 2. The highest BCUT2D eigenvalue weighted by Crippen LogP contribution is 2.33. The van der Waals surface area contributed by atoms with E-state index in [2.05, 4.69) is 36.9 Å². The van der Waals surface area contributed by atoms with Gasteiger partial charge in [-0.15, -0.1) is 0 Å². The Balaban J connectivity index is 1.86. The molecule has 0 unspecified atom stereocenters. The van der Waals surface area contributed by atoms with E-state index >= 15 is 0 Å². The standard InChI is InChI=1S/C23H37N3O3Si/c1-6-29-23(27)19-15-24-22-18(21(19)25-20-10-8-7-9-17(20)2)11-12-26(22)16-28-13-14-30(3,4)5/h11-12,15,17,20H,6-10,13-14,16H2,1-5H3,(H,24,25)/t17-,20+/m1/s1.